The second-order valence-corrected chi connectivity index (χ2v) is 4.48. The summed E-state index contributed by atoms with van der Waals surface area (Å²) in [7, 11) is 1.57. The van der Waals surface area contributed by atoms with E-state index in [1.807, 2.05) is 12.1 Å². The molecule has 1 heterocycles. The minimum atomic E-state index is -0.260. The van der Waals surface area contributed by atoms with Crippen LogP contribution in [-0.2, 0) is 13.1 Å². The van der Waals surface area contributed by atoms with Crippen molar-refractivity contribution in [1.82, 2.24) is 10.3 Å². The van der Waals surface area contributed by atoms with Crippen LogP contribution >= 0.6 is 11.6 Å². The van der Waals surface area contributed by atoms with E-state index in [2.05, 4.69) is 10.3 Å². The molecule has 2 aromatic rings. The summed E-state index contributed by atoms with van der Waals surface area (Å²) >= 11 is 5.83. The fourth-order valence-electron chi connectivity index (χ4n) is 1.69. The zero-order valence-corrected chi connectivity index (χ0v) is 11.2. The molecule has 0 saturated carbocycles. The monoisotopic (exact) mass is 280 g/mol. The maximum Gasteiger partial charge on any atom is 0.213 e. The van der Waals surface area contributed by atoms with E-state index in [-0.39, 0.29) is 5.82 Å². The second-order valence-electron chi connectivity index (χ2n) is 4.05. The predicted octanol–water partition coefficient (Wildman–Crippen LogP) is 3.17. The van der Waals surface area contributed by atoms with E-state index in [0.29, 0.717) is 29.6 Å². The fraction of sp³-hybridized carbons (Fsp3) is 0.214. The average Bonchev–Trinajstić information content (AvgIpc) is 2.43. The Bertz CT molecular complexity index is 563. The van der Waals surface area contributed by atoms with Crippen molar-refractivity contribution >= 4 is 11.6 Å². The zero-order valence-electron chi connectivity index (χ0n) is 10.5. The molecule has 0 radical (unpaired) electrons. The number of hydrogen-bond acceptors (Lipinski definition) is 3. The van der Waals surface area contributed by atoms with E-state index >= 15 is 0 Å². The number of nitrogens with one attached hydrogen (secondary N) is 1. The van der Waals surface area contributed by atoms with Crippen LogP contribution in [0.25, 0.3) is 0 Å². The Hall–Kier alpha value is -1.65. The van der Waals surface area contributed by atoms with E-state index in [0.717, 1.165) is 5.56 Å². The first-order chi connectivity index (χ1) is 9.19. The van der Waals surface area contributed by atoms with Gasteiger partial charge in [-0.3, -0.25) is 0 Å². The zero-order chi connectivity index (χ0) is 13.7. The summed E-state index contributed by atoms with van der Waals surface area (Å²) in [6.45, 7) is 1.02. The van der Waals surface area contributed by atoms with Crippen molar-refractivity contribution in [2.45, 2.75) is 13.1 Å². The lowest BCUT2D eigenvalue weighted by molar-refractivity contribution is 0.397. The van der Waals surface area contributed by atoms with Crippen LogP contribution in [0.2, 0.25) is 5.02 Å². The third kappa shape index (κ3) is 3.91. The standard InChI is InChI=1S/C14H14ClFN2O/c1-19-14-6-10(4-5-18-14)8-17-9-11-7-12(15)2-3-13(11)16/h2-7,17H,8-9H2,1H3. The van der Waals surface area contributed by atoms with Gasteiger partial charge < -0.3 is 10.1 Å². The van der Waals surface area contributed by atoms with Crippen molar-refractivity contribution < 1.29 is 9.13 Å². The van der Waals surface area contributed by atoms with Crippen molar-refractivity contribution in [1.29, 1.82) is 0 Å². The second kappa shape index (κ2) is 6.50. The van der Waals surface area contributed by atoms with Crippen LogP contribution in [0, 0.1) is 5.82 Å². The smallest absolute Gasteiger partial charge is 0.213 e. The van der Waals surface area contributed by atoms with Crippen LogP contribution in [0.5, 0.6) is 5.88 Å². The van der Waals surface area contributed by atoms with Gasteiger partial charge in [-0.05, 0) is 29.8 Å². The molecule has 19 heavy (non-hydrogen) atoms. The van der Waals surface area contributed by atoms with Crippen LogP contribution in [0.4, 0.5) is 4.39 Å². The van der Waals surface area contributed by atoms with E-state index < -0.39 is 0 Å². The first kappa shape index (κ1) is 13.8. The number of pyridine rings is 1. The highest BCUT2D eigenvalue weighted by Crippen LogP contribution is 2.15. The maximum atomic E-state index is 13.5. The Morgan fingerprint density at radius 3 is 2.89 bits per heavy atom. The molecule has 1 aromatic carbocycles. The molecule has 0 fully saturated rings. The highest BCUT2D eigenvalue weighted by atomic mass is 35.5. The Kier molecular flexibility index (Phi) is 4.71. The van der Waals surface area contributed by atoms with Gasteiger partial charge in [0.15, 0.2) is 0 Å². The summed E-state index contributed by atoms with van der Waals surface area (Å²) in [5, 5.41) is 3.69. The first-order valence-corrected chi connectivity index (χ1v) is 6.20. The summed E-state index contributed by atoms with van der Waals surface area (Å²) in [6, 6.07) is 8.24. The number of aromatic nitrogens is 1. The predicted molar refractivity (Wildman–Crippen MR) is 72.7 cm³/mol. The summed E-state index contributed by atoms with van der Waals surface area (Å²) in [5.74, 6) is 0.303. The van der Waals surface area contributed by atoms with Crippen LogP contribution in [0.15, 0.2) is 36.5 Å². The fourth-order valence-corrected chi connectivity index (χ4v) is 1.89. The molecule has 1 aromatic heterocycles. The average molecular weight is 281 g/mol. The Balaban J connectivity index is 1.94. The maximum absolute atomic E-state index is 13.5. The molecule has 0 spiro atoms. The van der Waals surface area contributed by atoms with Gasteiger partial charge in [0.1, 0.15) is 5.82 Å². The highest BCUT2D eigenvalue weighted by molar-refractivity contribution is 6.30. The molecule has 0 saturated heterocycles. The molecule has 1 N–H and O–H groups in total. The molecule has 0 aliphatic heterocycles. The van der Waals surface area contributed by atoms with Gasteiger partial charge in [-0.2, -0.15) is 0 Å². The Labute approximate surface area is 116 Å². The van der Waals surface area contributed by atoms with E-state index in [9.17, 15) is 4.39 Å². The van der Waals surface area contributed by atoms with E-state index in [4.69, 9.17) is 16.3 Å². The van der Waals surface area contributed by atoms with E-state index in [1.165, 1.54) is 12.1 Å². The van der Waals surface area contributed by atoms with Crippen molar-refractivity contribution in [2.75, 3.05) is 7.11 Å². The van der Waals surface area contributed by atoms with Gasteiger partial charge in [0.2, 0.25) is 5.88 Å². The molecule has 3 nitrogen and oxygen atoms in total. The van der Waals surface area contributed by atoms with Gasteiger partial charge in [-0.25, -0.2) is 9.37 Å². The van der Waals surface area contributed by atoms with Crippen LogP contribution < -0.4 is 10.1 Å². The molecule has 0 atom stereocenters. The Morgan fingerprint density at radius 1 is 1.26 bits per heavy atom. The van der Waals surface area contributed by atoms with Crippen LogP contribution in [-0.4, -0.2) is 12.1 Å². The molecule has 100 valence electrons. The Morgan fingerprint density at radius 2 is 2.11 bits per heavy atom. The molecule has 0 unspecified atom stereocenters. The molecular weight excluding hydrogens is 267 g/mol. The number of ether oxygens (including phenoxy) is 1. The summed E-state index contributed by atoms with van der Waals surface area (Å²) in [6.07, 6.45) is 1.68. The molecular formula is C14H14ClFN2O. The molecule has 2 rings (SSSR count). The van der Waals surface area contributed by atoms with Gasteiger partial charge in [-0.15, -0.1) is 0 Å². The van der Waals surface area contributed by atoms with Crippen LogP contribution in [0.1, 0.15) is 11.1 Å². The van der Waals surface area contributed by atoms with Crippen molar-refractivity contribution in [2.24, 2.45) is 0 Å². The summed E-state index contributed by atoms with van der Waals surface area (Å²) < 4.78 is 18.5. The third-order valence-corrected chi connectivity index (χ3v) is 2.90. The lowest BCUT2D eigenvalue weighted by Crippen LogP contribution is -2.13. The van der Waals surface area contributed by atoms with Gasteiger partial charge in [0.25, 0.3) is 0 Å². The molecule has 0 amide bonds. The molecule has 5 heteroatoms. The number of hydrogen-bond donors (Lipinski definition) is 1. The SMILES string of the molecule is COc1cc(CNCc2cc(Cl)ccc2F)ccn1. The number of methoxy groups -OCH3 is 1. The van der Waals surface area contributed by atoms with Gasteiger partial charge >= 0.3 is 0 Å². The third-order valence-electron chi connectivity index (χ3n) is 2.66. The van der Waals surface area contributed by atoms with Crippen molar-refractivity contribution in [3.63, 3.8) is 0 Å². The van der Waals surface area contributed by atoms with Gasteiger partial charge in [0.05, 0.1) is 7.11 Å². The number of benzene rings is 1. The minimum absolute atomic E-state index is 0.260. The first-order valence-electron chi connectivity index (χ1n) is 5.82. The quantitative estimate of drug-likeness (QED) is 0.913. The minimum Gasteiger partial charge on any atom is -0.481 e. The lowest BCUT2D eigenvalue weighted by Gasteiger charge is -2.07. The number of rotatable bonds is 5. The highest BCUT2D eigenvalue weighted by Gasteiger charge is 2.03. The molecule has 0 aliphatic rings. The topological polar surface area (TPSA) is 34.1 Å². The van der Waals surface area contributed by atoms with Gasteiger partial charge in [-0.1, -0.05) is 11.6 Å². The number of halogens is 2. The number of nitrogens with zero attached hydrogens (tertiary/aromatic N) is 1. The normalized spacial score (nSPS) is 10.5. The molecule has 0 bridgehead atoms. The van der Waals surface area contributed by atoms with Gasteiger partial charge in [0, 0.05) is 35.9 Å². The summed E-state index contributed by atoms with van der Waals surface area (Å²) in [4.78, 5) is 4.02. The van der Waals surface area contributed by atoms with Crippen LogP contribution in [0.3, 0.4) is 0 Å². The lowest BCUT2D eigenvalue weighted by atomic mass is 10.2. The molecule has 0 aliphatic carbocycles. The van der Waals surface area contributed by atoms with Crippen molar-refractivity contribution in [3.8, 4) is 5.88 Å². The van der Waals surface area contributed by atoms with Crippen molar-refractivity contribution in [3.05, 3.63) is 58.5 Å². The largest absolute Gasteiger partial charge is 0.481 e. The summed E-state index contributed by atoms with van der Waals surface area (Å²) in [5.41, 5.74) is 1.57. The van der Waals surface area contributed by atoms with E-state index in [1.54, 1.807) is 19.4 Å².